The number of benzene rings is 2. The van der Waals surface area contributed by atoms with E-state index in [2.05, 4.69) is 15.3 Å². The number of carbonyl (C=O) groups excluding carboxylic acids is 2. The molecule has 3 heterocycles. The van der Waals surface area contributed by atoms with Crippen LogP contribution in [0, 0.1) is 0 Å². The van der Waals surface area contributed by atoms with Crippen molar-refractivity contribution in [3.05, 3.63) is 114 Å². The van der Waals surface area contributed by atoms with E-state index in [0.717, 1.165) is 5.39 Å². The summed E-state index contributed by atoms with van der Waals surface area (Å²) < 4.78 is 0. The number of carboxylic acids is 1. The van der Waals surface area contributed by atoms with E-state index < -0.39 is 17.9 Å². The number of carboxylic acid groups (broad SMARTS) is 1. The molecule has 9 nitrogen and oxygen atoms in total. The summed E-state index contributed by atoms with van der Waals surface area (Å²) in [5.41, 5.74) is 2.11. The second-order valence-electron chi connectivity index (χ2n) is 8.69. The molecule has 5 rings (SSSR count). The van der Waals surface area contributed by atoms with Crippen molar-refractivity contribution in [3.63, 3.8) is 0 Å². The van der Waals surface area contributed by atoms with Crippen molar-refractivity contribution < 1.29 is 19.5 Å². The molecule has 1 amide bonds. The number of aliphatic carboxylic acids is 1. The number of fused-ring (bicyclic) bond motifs is 1. The van der Waals surface area contributed by atoms with Crippen LogP contribution in [0.1, 0.15) is 28.9 Å². The minimum absolute atomic E-state index is 0.0582. The van der Waals surface area contributed by atoms with Crippen molar-refractivity contribution in [1.29, 1.82) is 0 Å². The molecular weight excluding hydrogens is 482 g/mol. The molecule has 38 heavy (non-hydrogen) atoms. The molecule has 0 saturated heterocycles. The number of rotatable bonds is 8. The van der Waals surface area contributed by atoms with Crippen LogP contribution in [0.5, 0.6) is 0 Å². The van der Waals surface area contributed by atoms with Crippen molar-refractivity contribution in [2.24, 2.45) is 0 Å². The average molecular weight is 508 g/mol. The third kappa shape index (κ3) is 4.62. The van der Waals surface area contributed by atoms with E-state index in [0.29, 0.717) is 22.3 Å². The molecule has 0 radical (unpaired) electrons. The number of anilines is 1. The molecule has 2 N–H and O–H groups in total. The van der Waals surface area contributed by atoms with Gasteiger partial charge >= 0.3 is 5.97 Å². The molecule has 0 fully saturated rings. The highest BCUT2D eigenvalue weighted by atomic mass is 16.4. The first-order valence-electron chi connectivity index (χ1n) is 12.1. The van der Waals surface area contributed by atoms with E-state index in [9.17, 15) is 19.5 Å². The van der Waals surface area contributed by atoms with Crippen LogP contribution in [0.15, 0.2) is 103 Å². The third-order valence-corrected chi connectivity index (χ3v) is 6.46. The minimum Gasteiger partial charge on any atom is -0.478 e. The predicted octanol–water partition coefficient (Wildman–Crippen LogP) is 4.08. The van der Waals surface area contributed by atoms with Crippen LogP contribution in [0.3, 0.4) is 0 Å². The van der Waals surface area contributed by atoms with Gasteiger partial charge in [0.05, 0.1) is 23.7 Å². The maximum absolute atomic E-state index is 13.9. The molecule has 0 spiro atoms. The van der Waals surface area contributed by atoms with Crippen molar-refractivity contribution in [1.82, 2.24) is 20.0 Å². The molecule has 1 unspecified atom stereocenters. The fourth-order valence-electron chi connectivity index (χ4n) is 4.73. The van der Waals surface area contributed by atoms with Crippen molar-refractivity contribution in [3.8, 4) is 0 Å². The fraction of sp³-hybridized carbons (Fsp3) is 0.138. The smallest absolute Gasteiger partial charge is 0.335 e. The van der Waals surface area contributed by atoms with Crippen LogP contribution in [0.25, 0.3) is 10.9 Å². The number of hydrogen-bond acceptors (Lipinski definition) is 7. The van der Waals surface area contributed by atoms with E-state index >= 15 is 0 Å². The Kier molecular flexibility index (Phi) is 6.92. The molecule has 0 saturated carbocycles. The molecule has 0 bridgehead atoms. The lowest BCUT2D eigenvalue weighted by molar-refractivity contribution is -0.153. The zero-order valence-electron chi connectivity index (χ0n) is 20.6. The number of pyridine rings is 2. The number of nitrogens with one attached hydrogen (secondary N) is 1. The summed E-state index contributed by atoms with van der Waals surface area (Å²) in [7, 11) is 0. The van der Waals surface area contributed by atoms with Gasteiger partial charge < -0.3 is 10.4 Å². The third-order valence-electron chi connectivity index (χ3n) is 6.46. The molecule has 2 aromatic carbocycles. The van der Waals surface area contributed by atoms with Gasteiger partial charge in [0.2, 0.25) is 0 Å². The Bertz CT molecular complexity index is 1530. The van der Waals surface area contributed by atoms with Gasteiger partial charge in [0.15, 0.2) is 5.78 Å². The number of hydrazine groups is 1. The molecule has 4 aromatic rings. The van der Waals surface area contributed by atoms with E-state index in [1.165, 1.54) is 17.4 Å². The van der Waals surface area contributed by atoms with E-state index in [1.807, 2.05) is 18.2 Å². The van der Waals surface area contributed by atoms with Gasteiger partial charge in [-0.25, -0.2) is 4.79 Å². The lowest BCUT2D eigenvalue weighted by Gasteiger charge is -2.44. The summed E-state index contributed by atoms with van der Waals surface area (Å²) in [5, 5.41) is 17.3. The van der Waals surface area contributed by atoms with Crippen molar-refractivity contribution in [2.75, 3.05) is 18.4 Å². The Balaban J connectivity index is 1.67. The first-order chi connectivity index (χ1) is 18.5. The fourth-order valence-corrected chi connectivity index (χ4v) is 4.73. The Morgan fingerprint density at radius 1 is 0.947 bits per heavy atom. The molecule has 0 aliphatic carbocycles. The SMILES string of the molecule is CCN1C(=O)C(Nc2cccc3ncccc23)=C(C(=O)O)C(c2ccccc2)N1CC(=O)c1ccncc1. The first kappa shape index (κ1) is 24.8. The van der Waals surface area contributed by atoms with Crippen LogP contribution in [-0.2, 0) is 9.59 Å². The van der Waals surface area contributed by atoms with Crippen molar-refractivity contribution >= 4 is 34.3 Å². The van der Waals surface area contributed by atoms with Crippen LogP contribution in [0.4, 0.5) is 5.69 Å². The van der Waals surface area contributed by atoms with Gasteiger partial charge in [-0.05, 0) is 48.9 Å². The monoisotopic (exact) mass is 507 g/mol. The van der Waals surface area contributed by atoms with Crippen LogP contribution in [0.2, 0.25) is 0 Å². The lowest BCUT2D eigenvalue weighted by Crippen LogP contribution is -2.56. The first-order valence-corrected chi connectivity index (χ1v) is 12.1. The summed E-state index contributed by atoms with van der Waals surface area (Å²) in [6, 6.07) is 20.3. The topological polar surface area (TPSA) is 116 Å². The minimum atomic E-state index is -1.26. The van der Waals surface area contributed by atoms with E-state index in [-0.39, 0.29) is 30.1 Å². The summed E-state index contributed by atoms with van der Waals surface area (Å²) in [6.45, 7) is 1.81. The molecule has 9 heteroatoms. The van der Waals surface area contributed by atoms with Gasteiger partial charge in [0, 0.05) is 41.8 Å². The van der Waals surface area contributed by atoms with Crippen LogP contribution >= 0.6 is 0 Å². The number of amides is 1. The van der Waals surface area contributed by atoms with E-state index in [1.54, 1.807) is 72.7 Å². The summed E-state index contributed by atoms with van der Waals surface area (Å²) >= 11 is 0. The highest BCUT2D eigenvalue weighted by molar-refractivity contribution is 6.08. The number of hydrogen-bond donors (Lipinski definition) is 2. The Hall–Kier alpha value is -4.89. The second-order valence-corrected chi connectivity index (χ2v) is 8.69. The maximum atomic E-state index is 13.9. The molecule has 1 aliphatic rings. The van der Waals surface area contributed by atoms with Gasteiger partial charge in [-0.1, -0.05) is 36.4 Å². The molecule has 2 aromatic heterocycles. The van der Waals surface area contributed by atoms with Crippen LogP contribution < -0.4 is 5.32 Å². The average Bonchev–Trinajstić information content (AvgIpc) is 2.95. The highest BCUT2D eigenvalue weighted by Gasteiger charge is 2.44. The zero-order chi connectivity index (χ0) is 26.6. The van der Waals surface area contributed by atoms with Crippen molar-refractivity contribution in [2.45, 2.75) is 13.0 Å². The van der Waals surface area contributed by atoms with Gasteiger partial charge in [0.1, 0.15) is 5.70 Å². The quantitative estimate of drug-likeness (QED) is 0.343. The number of ketones is 1. The summed E-state index contributed by atoms with van der Waals surface area (Å²) in [5.74, 6) is -2.06. The lowest BCUT2D eigenvalue weighted by atomic mass is 9.93. The normalized spacial score (nSPS) is 16.1. The molecular formula is C29H25N5O4. The van der Waals surface area contributed by atoms with Gasteiger partial charge in [-0.15, -0.1) is 0 Å². The number of aromatic nitrogens is 2. The second kappa shape index (κ2) is 10.6. The largest absolute Gasteiger partial charge is 0.478 e. The van der Waals surface area contributed by atoms with E-state index in [4.69, 9.17) is 0 Å². The Morgan fingerprint density at radius 2 is 1.71 bits per heavy atom. The summed E-state index contributed by atoms with van der Waals surface area (Å²) in [4.78, 5) is 48.3. The maximum Gasteiger partial charge on any atom is 0.335 e. The Morgan fingerprint density at radius 3 is 2.42 bits per heavy atom. The predicted molar refractivity (Wildman–Crippen MR) is 142 cm³/mol. The molecule has 190 valence electrons. The molecule has 1 aliphatic heterocycles. The van der Waals surface area contributed by atoms with Gasteiger partial charge in [-0.3, -0.25) is 24.6 Å². The van der Waals surface area contributed by atoms with Gasteiger partial charge in [-0.2, -0.15) is 5.01 Å². The number of carbonyl (C=O) groups is 3. The Labute approximate surface area is 219 Å². The number of likely N-dealkylation sites (N-methyl/N-ethyl adjacent to an activating group) is 1. The number of Topliss-reactive ketones (excluding diaryl/α,β-unsaturated/α-hetero) is 1. The number of nitrogens with zero attached hydrogens (tertiary/aromatic N) is 4. The summed E-state index contributed by atoms with van der Waals surface area (Å²) in [6.07, 6.45) is 4.71. The highest BCUT2D eigenvalue weighted by Crippen LogP contribution is 2.38. The standard InChI is InChI=1S/C29H25N5O4/c1-2-33-28(36)26(32-23-12-6-11-22-21(23)10-7-15-31-22)25(29(37)38)27(20-8-4-3-5-9-20)34(33)18-24(35)19-13-16-30-17-14-19/h3-17,27,32H,2,18H2,1H3,(H,37,38). The van der Waals surface area contributed by atoms with Crippen LogP contribution in [-0.4, -0.2) is 55.8 Å². The van der Waals surface area contributed by atoms with Gasteiger partial charge in [0.25, 0.3) is 5.91 Å². The zero-order valence-corrected chi connectivity index (χ0v) is 20.6. The molecule has 1 atom stereocenters.